The molecule has 3 heterocycles. The Balaban J connectivity index is 2.50. The molecule has 6 nitrogen and oxygen atoms in total. The Morgan fingerprint density at radius 3 is 3.36 bits per heavy atom. The van der Waals surface area contributed by atoms with Crippen LogP contribution in [0.2, 0.25) is 0 Å². The third-order valence-electron chi connectivity index (χ3n) is 2.12. The van der Waals surface area contributed by atoms with Crippen LogP contribution in [0.4, 0.5) is 5.95 Å². The Hall–Kier alpha value is -2.11. The van der Waals surface area contributed by atoms with E-state index in [4.69, 9.17) is 0 Å². The molecule has 0 aliphatic carbocycles. The van der Waals surface area contributed by atoms with Crippen LogP contribution >= 0.6 is 0 Å². The molecule has 14 heavy (non-hydrogen) atoms. The van der Waals surface area contributed by atoms with Gasteiger partial charge in [-0.2, -0.15) is 4.98 Å². The third-order valence-corrected chi connectivity index (χ3v) is 2.12. The lowest BCUT2D eigenvalue weighted by atomic mass is 10.4. The van der Waals surface area contributed by atoms with Crippen molar-refractivity contribution in [2.45, 2.75) is 0 Å². The van der Waals surface area contributed by atoms with Gasteiger partial charge < -0.3 is 10.3 Å². The van der Waals surface area contributed by atoms with E-state index >= 15 is 0 Å². The number of hydrogen-bond donors (Lipinski definition) is 2. The molecule has 0 atom stereocenters. The van der Waals surface area contributed by atoms with Crippen molar-refractivity contribution in [3.05, 3.63) is 22.8 Å². The van der Waals surface area contributed by atoms with Gasteiger partial charge in [-0.15, -0.1) is 0 Å². The minimum Gasteiger partial charge on any atom is -0.352 e. The Morgan fingerprint density at radius 1 is 1.50 bits per heavy atom. The first-order valence-corrected chi connectivity index (χ1v) is 4.22. The van der Waals surface area contributed by atoms with Crippen LogP contribution < -0.4 is 10.9 Å². The number of aromatic nitrogens is 4. The molecule has 0 saturated heterocycles. The van der Waals surface area contributed by atoms with Crippen LogP contribution in [-0.2, 0) is 0 Å². The molecule has 3 rings (SSSR count). The summed E-state index contributed by atoms with van der Waals surface area (Å²) >= 11 is 0. The van der Waals surface area contributed by atoms with Gasteiger partial charge in [0.1, 0.15) is 0 Å². The summed E-state index contributed by atoms with van der Waals surface area (Å²) in [7, 11) is 0. The van der Waals surface area contributed by atoms with E-state index in [1.54, 1.807) is 6.20 Å². The lowest BCUT2D eigenvalue weighted by Gasteiger charge is -2.12. The number of nitrogens with zero attached hydrogens (tertiary/aromatic N) is 3. The van der Waals surface area contributed by atoms with E-state index < -0.39 is 0 Å². The second kappa shape index (κ2) is 2.44. The number of fused-ring (bicyclic) bond motifs is 2. The molecule has 2 N–H and O–H groups in total. The molecular weight excluding hydrogens is 182 g/mol. The molecule has 0 unspecified atom stereocenters. The zero-order valence-electron chi connectivity index (χ0n) is 7.19. The zero-order valence-corrected chi connectivity index (χ0v) is 7.19. The average Bonchev–Trinajstić information content (AvgIpc) is 2.66. The number of nitrogens with one attached hydrogen (secondary N) is 2. The minimum absolute atomic E-state index is 0.133. The highest BCUT2D eigenvalue weighted by atomic mass is 16.1. The van der Waals surface area contributed by atoms with E-state index in [1.165, 1.54) is 10.9 Å². The zero-order chi connectivity index (χ0) is 9.54. The van der Waals surface area contributed by atoms with Crippen molar-refractivity contribution in [2.75, 3.05) is 11.9 Å². The SMILES string of the molecule is O=c1c2[nH]cnc2nc2n1C=CCN2. The first kappa shape index (κ1) is 7.31. The lowest BCUT2D eigenvalue weighted by molar-refractivity contribution is 0.977. The monoisotopic (exact) mass is 189 g/mol. The van der Waals surface area contributed by atoms with Gasteiger partial charge in [0.05, 0.1) is 6.33 Å². The van der Waals surface area contributed by atoms with E-state index in [9.17, 15) is 4.79 Å². The number of rotatable bonds is 0. The fourth-order valence-electron chi connectivity index (χ4n) is 1.47. The molecule has 2 aromatic heterocycles. The summed E-state index contributed by atoms with van der Waals surface area (Å²) in [5.41, 5.74) is 0.747. The number of H-pyrrole nitrogens is 1. The number of imidazole rings is 1. The largest absolute Gasteiger partial charge is 0.352 e. The fourth-order valence-corrected chi connectivity index (χ4v) is 1.47. The summed E-state index contributed by atoms with van der Waals surface area (Å²) in [6, 6.07) is 0. The van der Waals surface area contributed by atoms with Gasteiger partial charge in [-0.3, -0.25) is 9.36 Å². The highest BCUT2D eigenvalue weighted by molar-refractivity contribution is 5.71. The molecule has 70 valence electrons. The third kappa shape index (κ3) is 0.819. The van der Waals surface area contributed by atoms with E-state index in [-0.39, 0.29) is 5.56 Å². The van der Waals surface area contributed by atoms with Gasteiger partial charge in [-0.1, -0.05) is 0 Å². The Labute approximate surface area is 78.3 Å². The van der Waals surface area contributed by atoms with Gasteiger partial charge >= 0.3 is 0 Å². The van der Waals surface area contributed by atoms with Gasteiger partial charge in [0, 0.05) is 12.7 Å². The maximum Gasteiger partial charge on any atom is 0.285 e. The van der Waals surface area contributed by atoms with Gasteiger partial charge in [-0.05, 0) is 6.08 Å². The summed E-state index contributed by atoms with van der Waals surface area (Å²) in [5, 5.41) is 3.00. The number of anilines is 1. The molecular formula is C8H7N5O. The standard InChI is InChI=1S/C8H7N5O/c14-7-5-6(11-4-10-5)12-8-9-2-1-3-13(7)8/h1,3-4H,2H2,(H,9,12)(H,10,11). The highest BCUT2D eigenvalue weighted by Gasteiger charge is 2.11. The minimum atomic E-state index is -0.133. The smallest absolute Gasteiger partial charge is 0.285 e. The van der Waals surface area contributed by atoms with Crippen molar-refractivity contribution in [3.63, 3.8) is 0 Å². The van der Waals surface area contributed by atoms with Crippen molar-refractivity contribution in [2.24, 2.45) is 0 Å². The second-order valence-electron chi connectivity index (χ2n) is 2.98. The van der Waals surface area contributed by atoms with E-state index in [1.807, 2.05) is 6.08 Å². The van der Waals surface area contributed by atoms with Crippen molar-refractivity contribution >= 4 is 23.3 Å². The van der Waals surface area contributed by atoms with Gasteiger partial charge in [0.15, 0.2) is 11.2 Å². The Bertz CT molecular complexity index is 579. The summed E-state index contributed by atoms with van der Waals surface area (Å²) in [5.74, 6) is 0.539. The molecule has 0 bridgehead atoms. The molecule has 0 fully saturated rings. The predicted molar refractivity (Wildman–Crippen MR) is 52.0 cm³/mol. The molecule has 0 spiro atoms. The van der Waals surface area contributed by atoms with Gasteiger partial charge in [0.2, 0.25) is 5.95 Å². The molecule has 1 aliphatic heterocycles. The first-order chi connectivity index (χ1) is 6.86. The molecule has 0 amide bonds. The Morgan fingerprint density at radius 2 is 2.43 bits per heavy atom. The summed E-state index contributed by atoms with van der Waals surface area (Å²) in [6.45, 7) is 0.683. The van der Waals surface area contributed by atoms with Crippen LogP contribution in [0.1, 0.15) is 0 Å². The summed E-state index contributed by atoms with van der Waals surface area (Å²) < 4.78 is 1.46. The number of aromatic amines is 1. The van der Waals surface area contributed by atoms with E-state index in [0.717, 1.165) is 0 Å². The van der Waals surface area contributed by atoms with Crippen LogP contribution in [-0.4, -0.2) is 26.1 Å². The summed E-state index contributed by atoms with van der Waals surface area (Å²) in [4.78, 5) is 22.7. The summed E-state index contributed by atoms with van der Waals surface area (Å²) in [6.07, 6.45) is 5.04. The lowest BCUT2D eigenvalue weighted by Crippen LogP contribution is -2.24. The van der Waals surface area contributed by atoms with Crippen molar-refractivity contribution < 1.29 is 0 Å². The van der Waals surface area contributed by atoms with Crippen LogP contribution in [0.15, 0.2) is 17.2 Å². The van der Waals surface area contributed by atoms with Gasteiger partial charge in [-0.25, -0.2) is 4.98 Å². The van der Waals surface area contributed by atoms with E-state index in [0.29, 0.717) is 23.7 Å². The van der Waals surface area contributed by atoms with E-state index in [2.05, 4.69) is 20.3 Å². The fraction of sp³-hybridized carbons (Fsp3) is 0.125. The second-order valence-corrected chi connectivity index (χ2v) is 2.98. The quantitative estimate of drug-likeness (QED) is 0.612. The van der Waals surface area contributed by atoms with Crippen LogP contribution in [0, 0.1) is 0 Å². The maximum atomic E-state index is 11.8. The molecule has 6 heteroatoms. The van der Waals surface area contributed by atoms with Crippen molar-refractivity contribution in [1.82, 2.24) is 19.5 Å². The van der Waals surface area contributed by atoms with Crippen molar-refractivity contribution in [3.8, 4) is 0 Å². The number of hydrogen-bond acceptors (Lipinski definition) is 4. The molecule has 1 aliphatic rings. The maximum absolute atomic E-state index is 11.8. The van der Waals surface area contributed by atoms with Crippen LogP contribution in [0.3, 0.4) is 0 Å². The normalized spacial score (nSPS) is 14.0. The molecule has 2 aromatic rings. The predicted octanol–water partition coefficient (Wildman–Crippen LogP) is 0.0158. The molecule has 0 radical (unpaired) electrons. The highest BCUT2D eigenvalue weighted by Crippen LogP contribution is 2.09. The van der Waals surface area contributed by atoms with Crippen LogP contribution in [0.25, 0.3) is 17.4 Å². The Kier molecular flexibility index (Phi) is 1.27. The van der Waals surface area contributed by atoms with Crippen molar-refractivity contribution in [1.29, 1.82) is 0 Å². The first-order valence-electron chi connectivity index (χ1n) is 4.22. The molecule has 0 saturated carbocycles. The topological polar surface area (TPSA) is 75.6 Å². The molecule has 0 aromatic carbocycles. The van der Waals surface area contributed by atoms with Gasteiger partial charge in [0.25, 0.3) is 5.56 Å². The van der Waals surface area contributed by atoms with Crippen LogP contribution in [0.5, 0.6) is 0 Å². The average molecular weight is 189 g/mol.